The van der Waals surface area contributed by atoms with Crippen molar-refractivity contribution in [3.8, 4) is 39.5 Å². The van der Waals surface area contributed by atoms with E-state index in [4.69, 9.17) is 9.97 Å². The minimum atomic E-state index is 0.683. The lowest BCUT2D eigenvalue weighted by atomic mass is 9.91. The molecular formula is C48H35N3S. The first-order chi connectivity index (χ1) is 25.5. The fourth-order valence-corrected chi connectivity index (χ4v) is 9.57. The van der Waals surface area contributed by atoms with Gasteiger partial charge in [-0.15, -0.1) is 11.3 Å². The van der Waals surface area contributed by atoms with Crippen molar-refractivity contribution in [2.45, 2.75) is 27.7 Å². The summed E-state index contributed by atoms with van der Waals surface area (Å²) in [5.74, 6) is 0.683. The third-order valence-corrected chi connectivity index (χ3v) is 12.0. The molecule has 0 saturated carbocycles. The molecule has 0 aliphatic carbocycles. The average molecular weight is 686 g/mol. The maximum Gasteiger partial charge on any atom is 0.235 e. The summed E-state index contributed by atoms with van der Waals surface area (Å²) in [5.41, 5.74) is 13.6. The molecule has 248 valence electrons. The van der Waals surface area contributed by atoms with Gasteiger partial charge in [0, 0.05) is 37.4 Å². The maximum atomic E-state index is 5.65. The number of aromatic nitrogens is 3. The van der Waals surface area contributed by atoms with Gasteiger partial charge < -0.3 is 0 Å². The highest BCUT2D eigenvalue weighted by atomic mass is 32.1. The fraction of sp³-hybridized carbons (Fsp3) is 0.0833. The van der Waals surface area contributed by atoms with Gasteiger partial charge in [-0.1, -0.05) is 121 Å². The number of hydrogen-bond donors (Lipinski definition) is 0. The maximum absolute atomic E-state index is 5.65. The van der Waals surface area contributed by atoms with Crippen molar-refractivity contribution in [2.75, 3.05) is 0 Å². The summed E-state index contributed by atoms with van der Waals surface area (Å²) in [5, 5.41) is 7.56. The van der Waals surface area contributed by atoms with E-state index in [9.17, 15) is 0 Å². The highest BCUT2D eigenvalue weighted by Crippen LogP contribution is 2.48. The fourth-order valence-electron chi connectivity index (χ4n) is 8.31. The van der Waals surface area contributed by atoms with Gasteiger partial charge in [0.05, 0.1) is 27.1 Å². The van der Waals surface area contributed by atoms with Crippen molar-refractivity contribution >= 4 is 64.1 Å². The van der Waals surface area contributed by atoms with Crippen LogP contribution in [-0.4, -0.2) is 14.5 Å². The van der Waals surface area contributed by atoms with Crippen LogP contribution >= 0.6 is 11.3 Å². The molecular weight excluding hydrogens is 651 g/mol. The van der Waals surface area contributed by atoms with Gasteiger partial charge in [-0.2, -0.15) is 0 Å². The van der Waals surface area contributed by atoms with Crippen LogP contribution in [0, 0.1) is 27.7 Å². The number of para-hydroxylation sites is 1. The van der Waals surface area contributed by atoms with Gasteiger partial charge in [0.15, 0.2) is 0 Å². The van der Waals surface area contributed by atoms with Gasteiger partial charge in [0.1, 0.15) is 0 Å². The van der Waals surface area contributed by atoms with E-state index in [2.05, 4.69) is 172 Å². The minimum Gasteiger partial charge on any atom is -0.276 e. The van der Waals surface area contributed by atoms with Crippen LogP contribution in [0.5, 0.6) is 0 Å². The van der Waals surface area contributed by atoms with Crippen LogP contribution in [0.3, 0.4) is 0 Å². The predicted octanol–water partition coefficient (Wildman–Crippen LogP) is 13.3. The molecule has 3 aromatic heterocycles. The van der Waals surface area contributed by atoms with E-state index >= 15 is 0 Å². The molecule has 0 saturated heterocycles. The van der Waals surface area contributed by atoms with Gasteiger partial charge in [-0.05, 0) is 90.0 Å². The molecule has 0 unspecified atom stereocenters. The van der Waals surface area contributed by atoms with Crippen LogP contribution < -0.4 is 0 Å². The van der Waals surface area contributed by atoms with E-state index in [-0.39, 0.29) is 0 Å². The molecule has 0 spiro atoms. The van der Waals surface area contributed by atoms with Crippen LogP contribution in [0.2, 0.25) is 0 Å². The van der Waals surface area contributed by atoms with Crippen molar-refractivity contribution in [3.63, 3.8) is 0 Å². The standard InChI is InChI=1S/C48H35N3S/c1-28-15-5-7-17-33(28)39-27-32(26-25-30(39)3)45-42(34-18-8-6-16-29(34)2)31(4)49-48(50-45)51-40-23-13-11-21-37(40)43-35-19-9-10-20-36(35)44-38-22-12-14-24-41(38)52-47(44)46(43)51/h5-27H,1-4H3. The van der Waals surface area contributed by atoms with Crippen LogP contribution in [0.15, 0.2) is 140 Å². The Morgan fingerprint density at radius 2 is 1.10 bits per heavy atom. The number of fused-ring (bicyclic) bond motifs is 10. The SMILES string of the molecule is Cc1ccccc1-c1cc(-c2nc(-n3c4ccccc4c4c5ccccc5c5c6ccccc6sc5c43)nc(C)c2-c2ccccc2C)ccc1C. The molecule has 52 heavy (non-hydrogen) atoms. The first kappa shape index (κ1) is 30.7. The molecule has 10 rings (SSSR count). The largest absolute Gasteiger partial charge is 0.276 e. The zero-order valence-corrected chi connectivity index (χ0v) is 30.3. The molecule has 0 fully saturated rings. The number of thiophene rings is 1. The number of aryl methyl sites for hydroxylation is 4. The second-order valence-electron chi connectivity index (χ2n) is 13.9. The van der Waals surface area contributed by atoms with E-state index in [0.29, 0.717) is 5.95 Å². The van der Waals surface area contributed by atoms with Gasteiger partial charge in [0.25, 0.3) is 0 Å². The third kappa shape index (κ3) is 4.51. The zero-order chi connectivity index (χ0) is 35.1. The third-order valence-electron chi connectivity index (χ3n) is 10.8. The summed E-state index contributed by atoms with van der Waals surface area (Å²) in [7, 11) is 0. The van der Waals surface area contributed by atoms with Crippen molar-refractivity contribution in [2.24, 2.45) is 0 Å². The van der Waals surface area contributed by atoms with E-state index in [0.717, 1.165) is 39.1 Å². The van der Waals surface area contributed by atoms with E-state index in [1.54, 1.807) is 0 Å². The zero-order valence-electron chi connectivity index (χ0n) is 29.5. The molecule has 0 atom stereocenters. The predicted molar refractivity (Wildman–Crippen MR) is 222 cm³/mol. The van der Waals surface area contributed by atoms with Gasteiger partial charge >= 0.3 is 0 Å². The van der Waals surface area contributed by atoms with Crippen molar-refractivity contribution in [3.05, 3.63) is 162 Å². The molecule has 0 N–H and O–H groups in total. The minimum absolute atomic E-state index is 0.683. The quantitative estimate of drug-likeness (QED) is 0.185. The molecule has 3 heterocycles. The summed E-state index contributed by atoms with van der Waals surface area (Å²) in [6.45, 7) is 8.71. The monoisotopic (exact) mass is 685 g/mol. The normalized spacial score (nSPS) is 11.8. The summed E-state index contributed by atoms with van der Waals surface area (Å²) in [4.78, 5) is 11.1. The second-order valence-corrected chi connectivity index (χ2v) is 15.0. The smallest absolute Gasteiger partial charge is 0.235 e. The Hall–Kier alpha value is -6.10. The Kier molecular flexibility index (Phi) is 6.92. The average Bonchev–Trinajstić information content (AvgIpc) is 3.73. The lowest BCUT2D eigenvalue weighted by Gasteiger charge is -2.18. The van der Waals surface area contributed by atoms with Crippen LogP contribution in [-0.2, 0) is 0 Å². The number of hydrogen-bond acceptors (Lipinski definition) is 3. The molecule has 0 amide bonds. The molecule has 0 aliphatic heterocycles. The van der Waals surface area contributed by atoms with Crippen LogP contribution in [0.1, 0.15) is 22.4 Å². The Morgan fingerprint density at radius 1 is 0.500 bits per heavy atom. The van der Waals surface area contributed by atoms with Crippen molar-refractivity contribution in [1.29, 1.82) is 0 Å². The molecule has 7 aromatic carbocycles. The Morgan fingerprint density at radius 3 is 1.85 bits per heavy atom. The van der Waals surface area contributed by atoms with Crippen molar-refractivity contribution in [1.82, 2.24) is 14.5 Å². The highest BCUT2D eigenvalue weighted by Gasteiger charge is 2.25. The molecule has 4 heteroatoms. The second kappa shape index (κ2) is 11.7. The van der Waals surface area contributed by atoms with E-state index in [1.165, 1.54) is 69.5 Å². The highest BCUT2D eigenvalue weighted by molar-refractivity contribution is 7.27. The number of nitrogens with zero attached hydrogens (tertiary/aromatic N) is 3. The molecule has 3 nitrogen and oxygen atoms in total. The first-order valence-electron chi connectivity index (χ1n) is 17.8. The molecule has 0 bridgehead atoms. The molecule has 10 aromatic rings. The van der Waals surface area contributed by atoms with Crippen LogP contribution in [0.25, 0.3) is 92.2 Å². The van der Waals surface area contributed by atoms with Gasteiger partial charge in [-0.3, -0.25) is 4.57 Å². The Labute approximate surface area is 306 Å². The Balaban J connectivity index is 1.36. The Bertz CT molecular complexity index is 3070. The first-order valence-corrected chi connectivity index (χ1v) is 18.7. The summed E-state index contributed by atoms with van der Waals surface area (Å²) in [6.07, 6.45) is 0. The summed E-state index contributed by atoms with van der Waals surface area (Å²) >= 11 is 1.86. The lowest BCUT2D eigenvalue weighted by molar-refractivity contribution is 0.972. The molecule has 0 aliphatic rings. The number of rotatable bonds is 4. The topological polar surface area (TPSA) is 30.7 Å². The van der Waals surface area contributed by atoms with Crippen molar-refractivity contribution < 1.29 is 0 Å². The molecule has 0 radical (unpaired) electrons. The van der Waals surface area contributed by atoms with Gasteiger partial charge in [0.2, 0.25) is 5.95 Å². The summed E-state index contributed by atoms with van der Waals surface area (Å²) in [6, 6.07) is 50.5. The van der Waals surface area contributed by atoms with Gasteiger partial charge in [-0.25, -0.2) is 9.97 Å². The number of benzene rings is 7. The van der Waals surface area contributed by atoms with Crippen LogP contribution in [0.4, 0.5) is 0 Å². The lowest BCUT2D eigenvalue weighted by Crippen LogP contribution is -2.07. The van der Waals surface area contributed by atoms with E-state index < -0.39 is 0 Å². The van der Waals surface area contributed by atoms with E-state index in [1.807, 2.05) is 11.3 Å². The summed E-state index contributed by atoms with van der Waals surface area (Å²) < 4.78 is 4.88.